The van der Waals surface area contributed by atoms with Crippen LogP contribution in [0, 0.1) is 0 Å². The number of hydrogen-bond acceptors (Lipinski definition) is 5. The van der Waals surface area contributed by atoms with E-state index in [1.807, 2.05) is 115 Å². The Labute approximate surface area is 249 Å². The van der Waals surface area contributed by atoms with E-state index in [1.165, 1.54) is 7.11 Å². The van der Waals surface area contributed by atoms with Gasteiger partial charge in [0.05, 0.1) is 18.2 Å². The van der Waals surface area contributed by atoms with Crippen LogP contribution in [0.1, 0.15) is 31.8 Å². The Hall–Kier alpha value is -5.62. The number of carbonyl (C=O) groups is 2. The van der Waals surface area contributed by atoms with Gasteiger partial charge in [0.1, 0.15) is 24.7 Å². The molecule has 6 aromatic rings. The average molecular weight is 571 g/mol. The molecule has 0 aliphatic rings. The van der Waals surface area contributed by atoms with Crippen LogP contribution in [0.3, 0.4) is 0 Å². The first-order chi connectivity index (χ1) is 21.0. The summed E-state index contributed by atoms with van der Waals surface area (Å²) in [5.74, 6) is -0.0441. The summed E-state index contributed by atoms with van der Waals surface area (Å²) in [6.07, 6.45) is 0. The summed E-state index contributed by atoms with van der Waals surface area (Å²) in [4.78, 5) is 23.0. The second-order valence-electron chi connectivity index (χ2n) is 9.74. The van der Waals surface area contributed by atoms with Crippen LogP contribution in [-0.4, -0.2) is 24.2 Å². The van der Waals surface area contributed by atoms with Gasteiger partial charge in [-0.05, 0) is 46.2 Å². The molecule has 0 atom stereocenters. The highest BCUT2D eigenvalue weighted by Gasteiger charge is 2.12. The van der Waals surface area contributed by atoms with Crippen molar-refractivity contribution in [3.8, 4) is 11.5 Å². The number of benzene rings is 6. The molecule has 214 valence electrons. The minimum atomic E-state index is -0.953. The van der Waals surface area contributed by atoms with Gasteiger partial charge < -0.3 is 19.3 Å². The van der Waals surface area contributed by atoms with Gasteiger partial charge in [-0.15, -0.1) is 0 Å². The van der Waals surface area contributed by atoms with E-state index in [2.05, 4.69) is 0 Å². The molecule has 0 amide bonds. The topological polar surface area (TPSA) is 82.1 Å². The summed E-state index contributed by atoms with van der Waals surface area (Å²) in [5, 5.41) is 12.9. The van der Waals surface area contributed by atoms with Gasteiger partial charge in [0.2, 0.25) is 0 Å². The standard InChI is InChI=1S/C19H16O3.C18H14O3/c1-21-19(20)16-11-15-9-5-6-10-17(15)18(12-16)22-13-14-7-3-2-4-8-14;19-18(20)15-10-14-8-4-5-9-16(14)17(11-15)21-12-13-6-2-1-3-7-13/h2-12H,13H2,1H3;1-11H,12H2,(H,19,20). The highest BCUT2D eigenvalue weighted by atomic mass is 16.5. The summed E-state index contributed by atoms with van der Waals surface area (Å²) in [6, 6.07) is 42.0. The highest BCUT2D eigenvalue weighted by molar-refractivity contribution is 5.99. The van der Waals surface area contributed by atoms with Crippen LogP contribution in [0.2, 0.25) is 0 Å². The second kappa shape index (κ2) is 13.8. The lowest BCUT2D eigenvalue weighted by molar-refractivity contribution is 0.0599. The first kappa shape index (κ1) is 28.9. The molecule has 6 heteroatoms. The molecule has 0 bridgehead atoms. The van der Waals surface area contributed by atoms with Crippen LogP contribution >= 0.6 is 0 Å². The zero-order valence-corrected chi connectivity index (χ0v) is 23.6. The van der Waals surface area contributed by atoms with E-state index in [-0.39, 0.29) is 11.5 Å². The Bertz CT molecular complexity index is 1850. The van der Waals surface area contributed by atoms with Gasteiger partial charge in [-0.25, -0.2) is 9.59 Å². The number of fused-ring (bicyclic) bond motifs is 2. The maximum absolute atomic E-state index is 11.8. The van der Waals surface area contributed by atoms with Crippen molar-refractivity contribution >= 4 is 33.5 Å². The average Bonchev–Trinajstić information content (AvgIpc) is 3.06. The van der Waals surface area contributed by atoms with Gasteiger partial charge in [-0.3, -0.25) is 0 Å². The van der Waals surface area contributed by atoms with E-state index in [1.54, 1.807) is 18.2 Å². The fraction of sp³-hybridized carbons (Fsp3) is 0.0811. The fourth-order valence-corrected chi connectivity index (χ4v) is 4.62. The minimum absolute atomic E-state index is 0.233. The lowest BCUT2D eigenvalue weighted by Crippen LogP contribution is -2.03. The lowest BCUT2D eigenvalue weighted by atomic mass is 10.1. The molecule has 0 aliphatic heterocycles. The number of carbonyl (C=O) groups excluding carboxylic acids is 1. The Balaban J connectivity index is 0.000000171. The quantitative estimate of drug-likeness (QED) is 0.185. The summed E-state index contributed by atoms with van der Waals surface area (Å²) >= 11 is 0. The van der Waals surface area contributed by atoms with Gasteiger partial charge >= 0.3 is 11.9 Å². The molecule has 0 unspecified atom stereocenters. The first-order valence-electron chi connectivity index (χ1n) is 13.7. The minimum Gasteiger partial charge on any atom is -0.488 e. The molecular weight excluding hydrogens is 540 g/mol. The number of esters is 1. The Morgan fingerprint density at radius 1 is 0.558 bits per heavy atom. The molecule has 1 N–H and O–H groups in total. The van der Waals surface area contributed by atoms with Gasteiger partial charge in [0, 0.05) is 10.8 Å². The van der Waals surface area contributed by atoms with Gasteiger partial charge in [-0.1, -0.05) is 109 Å². The maximum atomic E-state index is 11.8. The van der Waals surface area contributed by atoms with Crippen molar-refractivity contribution in [3.63, 3.8) is 0 Å². The van der Waals surface area contributed by atoms with Crippen LogP contribution in [-0.2, 0) is 18.0 Å². The Morgan fingerprint density at radius 2 is 0.977 bits per heavy atom. The van der Waals surface area contributed by atoms with Crippen molar-refractivity contribution < 1.29 is 28.9 Å². The monoisotopic (exact) mass is 570 g/mol. The molecule has 6 aromatic carbocycles. The van der Waals surface area contributed by atoms with E-state index in [0.29, 0.717) is 30.3 Å². The number of aromatic carboxylic acids is 1. The predicted molar refractivity (Wildman–Crippen MR) is 168 cm³/mol. The van der Waals surface area contributed by atoms with Crippen LogP contribution in [0.15, 0.2) is 133 Å². The molecule has 0 saturated heterocycles. The molecule has 0 radical (unpaired) electrons. The van der Waals surface area contributed by atoms with Crippen LogP contribution < -0.4 is 9.47 Å². The van der Waals surface area contributed by atoms with Crippen LogP contribution in [0.25, 0.3) is 21.5 Å². The lowest BCUT2D eigenvalue weighted by Gasteiger charge is -2.11. The second-order valence-corrected chi connectivity index (χ2v) is 9.74. The number of methoxy groups -OCH3 is 1. The van der Waals surface area contributed by atoms with E-state index in [9.17, 15) is 14.7 Å². The normalized spacial score (nSPS) is 10.4. The molecule has 0 aromatic heterocycles. The van der Waals surface area contributed by atoms with E-state index >= 15 is 0 Å². The number of ether oxygens (including phenoxy) is 3. The first-order valence-corrected chi connectivity index (χ1v) is 13.7. The number of carboxylic acid groups (broad SMARTS) is 1. The van der Waals surface area contributed by atoms with Crippen LogP contribution in [0.5, 0.6) is 11.5 Å². The number of rotatable bonds is 8. The van der Waals surface area contributed by atoms with E-state index in [0.717, 1.165) is 32.7 Å². The third-order valence-corrected chi connectivity index (χ3v) is 6.79. The van der Waals surface area contributed by atoms with Gasteiger partial charge in [0.15, 0.2) is 0 Å². The third kappa shape index (κ3) is 7.37. The van der Waals surface area contributed by atoms with Crippen molar-refractivity contribution in [2.75, 3.05) is 7.11 Å². The molecule has 0 aliphatic carbocycles. The molecule has 0 spiro atoms. The molecule has 0 fully saturated rings. The van der Waals surface area contributed by atoms with Crippen molar-refractivity contribution in [1.29, 1.82) is 0 Å². The maximum Gasteiger partial charge on any atom is 0.338 e. The molecule has 6 nitrogen and oxygen atoms in total. The Kier molecular flexibility index (Phi) is 9.29. The smallest absolute Gasteiger partial charge is 0.338 e. The molecular formula is C37H30O6. The number of carboxylic acids is 1. The largest absolute Gasteiger partial charge is 0.488 e. The third-order valence-electron chi connectivity index (χ3n) is 6.79. The van der Waals surface area contributed by atoms with Gasteiger partial charge in [0.25, 0.3) is 0 Å². The molecule has 0 heterocycles. The molecule has 43 heavy (non-hydrogen) atoms. The highest BCUT2D eigenvalue weighted by Crippen LogP contribution is 2.30. The van der Waals surface area contributed by atoms with E-state index in [4.69, 9.17) is 14.2 Å². The summed E-state index contributed by atoms with van der Waals surface area (Å²) in [6.45, 7) is 0.864. The summed E-state index contributed by atoms with van der Waals surface area (Å²) in [5.41, 5.74) is 2.85. The summed E-state index contributed by atoms with van der Waals surface area (Å²) in [7, 11) is 1.38. The van der Waals surface area contributed by atoms with Crippen molar-refractivity contribution in [3.05, 3.63) is 156 Å². The van der Waals surface area contributed by atoms with Crippen molar-refractivity contribution in [2.24, 2.45) is 0 Å². The summed E-state index contributed by atoms with van der Waals surface area (Å²) < 4.78 is 16.6. The zero-order valence-electron chi connectivity index (χ0n) is 23.6. The van der Waals surface area contributed by atoms with Crippen molar-refractivity contribution in [2.45, 2.75) is 13.2 Å². The fourth-order valence-electron chi connectivity index (χ4n) is 4.62. The zero-order chi connectivity index (χ0) is 30.0. The SMILES string of the molecule is COC(=O)c1cc(OCc2ccccc2)c2ccccc2c1.O=C(O)c1cc(OCc2ccccc2)c2ccccc2c1. The molecule has 6 rings (SSSR count). The number of hydrogen-bond donors (Lipinski definition) is 1. The van der Waals surface area contributed by atoms with Gasteiger partial charge in [-0.2, -0.15) is 0 Å². The van der Waals surface area contributed by atoms with Crippen LogP contribution in [0.4, 0.5) is 0 Å². The van der Waals surface area contributed by atoms with E-state index < -0.39 is 5.97 Å². The Morgan fingerprint density at radius 3 is 1.44 bits per heavy atom. The predicted octanol–water partition coefficient (Wildman–Crippen LogP) is 8.32. The molecule has 0 saturated carbocycles. The van der Waals surface area contributed by atoms with Crippen molar-refractivity contribution in [1.82, 2.24) is 0 Å².